The van der Waals surface area contributed by atoms with Crippen LogP contribution in [0.2, 0.25) is 0 Å². The van der Waals surface area contributed by atoms with Crippen LogP contribution in [0.3, 0.4) is 0 Å². The molecule has 0 spiro atoms. The van der Waals surface area contributed by atoms with Crippen LogP contribution in [0.15, 0.2) is 10.6 Å². The summed E-state index contributed by atoms with van der Waals surface area (Å²) in [5.41, 5.74) is 0.522. The SMILES string of the molecule is CC(C)N1C[C@@H](C)[C@@H](NC(=O)c2cc(C3(C)CC3)on2)C1. The standard InChI is InChI=1S/C16H25N3O2/c1-10(2)19-8-11(3)13(9-19)17-15(20)12-7-14(21-18-12)16(4)5-6-16/h7,10-11,13H,5-6,8-9H2,1-4H3,(H,17,20)/t11-,13+/m1/s1. The first-order valence-electron chi connectivity index (χ1n) is 7.91. The number of nitrogens with one attached hydrogen (secondary N) is 1. The third-order valence-electron chi connectivity index (χ3n) is 5.03. The Hall–Kier alpha value is -1.36. The summed E-state index contributed by atoms with van der Waals surface area (Å²) < 4.78 is 5.34. The molecule has 2 aliphatic rings. The fourth-order valence-corrected chi connectivity index (χ4v) is 2.96. The number of likely N-dealkylation sites (tertiary alicyclic amines) is 1. The minimum absolute atomic E-state index is 0.112. The van der Waals surface area contributed by atoms with Crippen LogP contribution < -0.4 is 5.32 Å². The lowest BCUT2D eigenvalue weighted by Crippen LogP contribution is -2.40. The van der Waals surface area contributed by atoms with E-state index < -0.39 is 0 Å². The molecule has 2 atom stereocenters. The van der Waals surface area contributed by atoms with E-state index in [1.165, 1.54) is 0 Å². The second-order valence-electron chi connectivity index (χ2n) is 7.24. The van der Waals surface area contributed by atoms with Crippen LogP contribution >= 0.6 is 0 Å². The first-order valence-corrected chi connectivity index (χ1v) is 7.91. The van der Waals surface area contributed by atoms with Gasteiger partial charge in [-0.2, -0.15) is 0 Å². The molecule has 116 valence electrons. The molecule has 3 rings (SSSR count). The molecule has 0 bridgehead atoms. The molecule has 0 radical (unpaired) electrons. The predicted molar refractivity (Wildman–Crippen MR) is 80.2 cm³/mol. The first kappa shape index (κ1) is 14.6. The number of carbonyl (C=O) groups is 1. The lowest BCUT2D eigenvalue weighted by molar-refractivity contribution is 0.0921. The van der Waals surface area contributed by atoms with Crippen molar-refractivity contribution >= 4 is 5.91 Å². The van der Waals surface area contributed by atoms with Crippen molar-refractivity contribution in [3.63, 3.8) is 0 Å². The van der Waals surface area contributed by atoms with Gasteiger partial charge in [0.1, 0.15) is 5.76 Å². The molecule has 1 amide bonds. The average molecular weight is 291 g/mol. The minimum Gasteiger partial charge on any atom is -0.360 e. The Morgan fingerprint density at radius 1 is 1.48 bits per heavy atom. The van der Waals surface area contributed by atoms with Crippen LogP contribution in [0.25, 0.3) is 0 Å². The monoisotopic (exact) mass is 291 g/mol. The van der Waals surface area contributed by atoms with Gasteiger partial charge < -0.3 is 9.84 Å². The van der Waals surface area contributed by atoms with Gasteiger partial charge in [-0.05, 0) is 32.6 Å². The highest BCUT2D eigenvalue weighted by Gasteiger charge is 2.43. The van der Waals surface area contributed by atoms with Gasteiger partial charge in [0.15, 0.2) is 5.69 Å². The Morgan fingerprint density at radius 2 is 2.19 bits per heavy atom. The maximum atomic E-state index is 12.3. The van der Waals surface area contributed by atoms with E-state index in [1.807, 2.05) is 6.07 Å². The number of hydrogen-bond acceptors (Lipinski definition) is 4. The van der Waals surface area contributed by atoms with Crippen LogP contribution in [0.4, 0.5) is 0 Å². The highest BCUT2D eigenvalue weighted by Crippen LogP contribution is 2.47. The number of nitrogens with zero attached hydrogens (tertiary/aromatic N) is 2. The number of aromatic nitrogens is 1. The molecule has 1 saturated carbocycles. The van der Waals surface area contributed by atoms with E-state index in [-0.39, 0.29) is 17.4 Å². The van der Waals surface area contributed by atoms with Gasteiger partial charge in [-0.1, -0.05) is 19.0 Å². The Morgan fingerprint density at radius 3 is 2.76 bits per heavy atom. The summed E-state index contributed by atoms with van der Waals surface area (Å²) >= 11 is 0. The van der Waals surface area contributed by atoms with Gasteiger partial charge in [0.2, 0.25) is 0 Å². The molecule has 1 N–H and O–H groups in total. The molecule has 2 fully saturated rings. The number of amides is 1. The molecule has 1 aromatic heterocycles. The molecule has 2 heterocycles. The Kier molecular flexibility index (Phi) is 3.56. The molecule has 5 heteroatoms. The zero-order valence-corrected chi connectivity index (χ0v) is 13.3. The molecule has 5 nitrogen and oxygen atoms in total. The van der Waals surface area contributed by atoms with E-state index in [0.29, 0.717) is 17.7 Å². The van der Waals surface area contributed by atoms with E-state index in [1.54, 1.807) is 0 Å². The first-order chi connectivity index (χ1) is 9.89. The Balaban J connectivity index is 1.62. The molecule has 0 unspecified atom stereocenters. The lowest BCUT2D eigenvalue weighted by atomic mass is 10.1. The molecule has 1 saturated heterocycles. The largest absolute Gasteiger partial charge is 0.360 e. The van der Waals surface area contributed by atoms with Crippen molar-refractivity contribution in [1.82, 2.24) is 15.4 Å². The molecule has 21 heavy (non-hydrogen) atoms. The lowest BCUT2D eigenvalue weighted by Gasteiger charge is -2.20. The maximum Gasteiger partial charge on any atom is 0.273 e. The second kappa shape index (κ2) is 5.13. The van der Waals surface area contributed by atoms with Crippen molar-refractivity contribution in [3.05, 3.63) is 17.5 Å². The van der Waals surface area contributed by atoms with Crippen LogP contribution in [0.1, 0.15) is 56.8 Å². The second-order valence-corrected chi connectivity index (χ2v) is 7.24. The zero-order valence-electron chi connectivity index (χ0n) is 13.3. The van der Waals surface area contributed by atoms with Crippen LogP contribution in [0.5, 0.6) is 0 Å². The Labute approximate surface area is 126 Å². The predicted octanol–water partition coefficient (Wildman–Crippen LogP) is 2.18. The van der Waals surface area contributed by atoms with Crippen LogP contribution in [0, 0.1) is 5.92 Å². The van der Waals surface area contributed by atoms with Gasteiger partial charge in [0, 0.05) is 36.7 Å². The average Bonchev–Trinajstić information content (AvgIpc) is 2.89. The summed E-state index contributed by atoms with van der Waals surface area (Å²) in [4.78, 5) is 14.7. The number of rotatable bonds is 4. The summed E-state index contributed by atoms with van der Waals surface area (Å²) in [6.07, 6.45) is 2.23. The molecular formula is C16H25N3O2. The smallest absolute Gasteiger partial charge is 0.273 e. The number of carbonyl (C=O) groups excluding carboxylic acids is 1. The molecule has 1 aliphatic carbocycles. The fraction of sp³-hybridized carbons (Fsp3) is 0.750. The van der Waals surface area contributed by atoms with Crippen molar-refractivity contribution in [2.24, 2.45) is 5.92 Å². The third-order valence-corrected chi connectivity index (χ3v) is 5.03. The summed E-state index contributed by atoms with van der Waals surface area (Å²) in [5.74, 6) is 1.19. The molecule has 1 aliphatic heterocycles. The third kappa shape index (κ3) is 2.84. The maximum absolute atomic E-state index is 12.3. The number of hydrogen-bond donors (Lipinski definition) is 1. The zero-order chi connectivity index (χ0) is 15.2. The van der Waals surface area contributed by atoms with Crippen LogP contribution in [-0.2, 0) is 5.41 Å². The van der Waals surface area contributed by atoms with Crippen molar-refractivity contribution in [2.75, 3.05) is 13.1 Å². The minimum atomic E-state index is -0.114. The summed E-state index contributed by atoms with van der Waals surface area (Å²) in [5, 5.41) is 7.06. The van der Waals surface area contributed by atoms with Crippen LogP contribution in [-0.4, -0.2) is 41.1 Å². The van der Waals surface area contributed by atoms with Crippen molar-refractivity contribution in [2.45, 2.75) is 58.0 Å². The van der Waals surface area contributed by atoms with Gasteiger partial charge in [-0.25, -0.2) is 0 Å². The summed E-state index contributed by atoms with van der Waals surface area (Å²) in [6.45, 7) is 10.7. The Bertz CT molecular complexity index is 533. The normalized spacial score (nSPS) is 28.0. The van der Waals surface area contributed by atoms with E-state index in [2.05, 4.69) is 43.1 Å². The highest BCUT2D eigenvalue weighted by molar-refractivity contribution is 5.92. The van der Waals surface area contributed by atoms with E-state index >= 15 is 0 Å². The van der Waals surface area contributed by atoms with Crippen molar-refractivity contribution in [1.29, 1.82) is 0 Å². The topological polar surface area (TPSA) is 58.4 Å². The van der Waals surface area contributed by atoms with Gasteiger partial charge in [-0.3, -0.25) is 9.69 Å². The summed E-state index contributed by atoms with van der Waals surface area (Å²) in [6, 6.07) is 2.52. The van der Waals surface area contributed by atoms with Crippen molar-refractivity contribution < 1.29 is 9.32 Å². The highest BCUT2D eigenvalue weighted by atomic mass is 16.5. The van der Waals surface area contributed by atoms with Gasteiger partial charge in [0.25, 0.3) is 5.91 Å². The molecular weight excluding hydrogens is 266 g/mol. The van der Waals surface area contributed by atoms with Crippen molar-refractivity contribution in [3.8, 4) is 0 Å². The van der Waals surface area contributed by atoms with E-state index in [9.17, 15) is 4.79 Å². The molecule has 1 aromatic rings. The van der Waals surface area contributed by atoms with E-state index in [0.717, 1.165) is 31.7 Å². The quantitative estimate of drug-likeness (QED) is 0.924. The van der Waals surface area contributed by atoms with Gasteiger partial charge in [-0.15, -0.1) is 0 Å². The van der Waals surface area contributed by atoms with Gasteiger partial charge >= 0.3 is 0 Å². The fourth-order valence-electron chi connectivity index (χ4n) is 2.96. The van der Waals surface area contributed by atoms with E-state index in [4.69, 9.17) is 4.52 Å². The summed E-state index contributed by atoms with van der Waals surface area (Å²) in [7, 11) is 0. The van der Waals surface area contributed by atoms with Gasteiger partial charge in [0.05, 0.1) is 0 Å². The molecule has 0 aromatic carbocycles.